The van der Waals surface area contributed by atoms with Gasteiger partial charge in [-0.1, -0.05) is 29.8 Å². The maximum Gasteiger partial charge on any atom is 0.248 e. The van der Waals surface area contributed by atoms with Crippen LogP contribution in [0.3, 0.4) is 0 Å². The fourth-order valence-electron chi connectivity index (χ4n) is 2.79. The Morgan fingerprint density at radius 1 is 1.40 bits per heavy atom. The van der Waals surface area contributed by atoms with Gasteiger partial charge in [0, 0.05) is 30.1 Å². The molecule has 0 saturated carbocycles. The first-order valence-electron chi connectivity index (χ1n) is 6.85. The second-order valence-corrected chi connectivity index (χ2v) is 6.04. The third-order valence-electron chi connectivity index (χ3n) is 4.03. The number of halogens is 1. The van der Waals surface area contributed by atoms with Gasteiger partial charge in [-0.2, -0.15) is 0 Å². The molecule has 1 amide bonds. The van der Waals surface area contributed by atoms with Crippen molar-refractivity contribution in [1.82, 2.24) is 4.90 Å². The number of benzene rings is 1. The minimum absolute atomic E-state index is 0.0505. The van der Waals surface area contributed by atoms with Gasteiger partial charge in [-0.05, 0) is 18.1 Å². The maximum atomic E-state index is 12.0. The Balaban J connectivity index is 1.41. The molecule has 20 heavy (non-hydrogen) atoms. The van der Waals surface area contributed by atoms with Gasteiger partial charge >= 0.3 is 0 Å². The number of ether oxygens (including phenoxy) is 2. The Morgan fingerprint density at radius 2 is 2.20 bits per heavy atom. The van der Waals surface area contributed by atoms with E-state index in [1.165, 1.54) is 0 Å². The van der Waals surface area contributed by atoms with E-state index >= 15 is 0 Å². The minimum Gasteiger partial charge on any atom is -0.381 e. The van der Waals surface area contributed by atoms with E-state index in [4.69, 9.17) is 21.1 Å². The number of carbonyl (C=O) groups excluding carboxylic acids is 1. The fraction of sp³-hybridized carbons (Fsp3) is 0.533. The van der Waals surface area contributed by atoms with Gasteiger partial charge in [0.2, 0.25) is 5.91 Å². The molecule has 0 atom stereocenters. The summed E-state index contributed by atoms with van der Waals surface area (Å²) in [5, 5.41) is 0.672. The maximum absolute atomic E-state index is 12.0. The van der Waals surface area contributed by atoms with Crippen LogP contribution < -0.4 is 0 Å². The van der Waals surface area contributed by atoms with E-state index in [0.717, 1.165) is 38.3 Å². The predicted molar refractivity (Wildman–Crippen MR) is 75.6 cm³/mol. The van der Waals surface area contributed by atoms with Crippen LogP contribution in [0.4, 0.5) is 0 Å². The van der Waals surface area contributed by atoms with Crippen molar-refractivity contribution >= 4 is 17.5 Å². The third-order valence-corrected chi connectivity index (χ3v) is 4.40. The van der Waals surface area contributed by atoms with Gasteiger partial charge in [0.25, 0.3) is 0 Å². The summed E-state index contributed by atoms with van der Waals surface area (Å²) >= 11 is 6.03. The van der Waals surface area contributed by atoms with Gasteiger partial charge in [0.15, 0.2) is 0 Å². The molecule has 0 bridgehead atoms. The smallest absolute Gasteiger partial charge is 0.248 e. The van der Waals surface area contributed by atoms with Gasteiger partial charge < -0.3 is 14.4 Å². The van der Waals surface area contributed by atoms with Crippen molar-refractivity contribution in [3.8, 4) is 0 Å². The highest BCUT2D eigenvalue weighted by atomic mass is 35.5. The number of rotatable bonds is 4. The standard InChI is InChI=1S/C15H18ClNO3/c16-13-4-2-1-3-12(13)7-20-8-14(18)17-9-15(10-17)5-6-19-11-15/h1-4H,5-11H2. The summed E-state index contributed by atoms with van der Waals surface area (Å²) in [5.41, 5.74) is 1.14. The van der Waals surface area contributed by atoms with Crippen LogP contribution in [0.2, 0.25) is 5.02 Å². The van der Waals surface area contributed by atoms with E-state index in [0.29, 0.717) is 11.6 Å². The molecule has 2 aliphatic heterocycles. The fourth-order valence-corrected chi connectivity index (χ4v) is 2.98. The Hall–Kier alpha value is -1.10. The molecule has 1 aromatic rings. The van der Waals surface area contributed by atoms with Crippen molar-refractivity contribution in [3.05, 3.63) is 34.9 Å². The molecule has 1 spiro atoms. The molecule has 108 valence electrons. The van der Waals surface area contributed by atoms with Crippen molar-refractivity contribution in [2.24, 2.45) is 5.41 Å². The molecule has 0 aliphatic carbocycles. The van der Waals surface area contributed by atoms with Crippen molar-refractivity contribution in [3.63, 3.8) is 0 Å². The van der Waals surface area contributed by atoms with Crippen LogP contribution >= 0.6 is 11.6 Å². The van der Waals surface area contributed by atoms with Crippen LogP contribution in [0.15, 0.2) is 24.3 Å². The van der Waals surface area contributed by atoms with Crippen LogP contribution in [-0.2, 0) is 20.9 Å². The molecule has 0 radical (unpaired) electrons. The number of carbonyl (C=O) groups is 1. The number of amides is 1. The van der Waals surface area contributed by atoms with Gasteiger partial charge in [-0.25, -0.2) is 0 Å². The molecule has 2 heterocycles. The zero-order chi connectivity index (χ0) is 14.0. The Labute approximate surface area is 123 Å². The molecule has 2 fully saturated rings. The SMILES string of the molecule is O=C(COCc1ccccc1Cl)N1CC2(CCOC2)C1. The Bertz CT molecular complexity index is 492. The van der Waals surface area contributed by atoms with Crippen molar-refractivity contribution in [1.29, 1.82) is 0 Å². The second kappa shape index (κ2) is 5.72. The summed E-state index contributed by atoms with van der Waals surface area (Å²) in [4.78, 5) is 13.8. The molecule has 0 unspecified atom stereocenters. The molecule has 3 rings (SSSR count). The van der Waals surface area contributed by atoms with Gasteiger partial charge in [0.1, 0.15) is 6.61 Å². The first-order valence-corrected chi connectivity index (χ1v) is 7.23. The van der Waals surface area contributed by atoms with Crippen LogP contribution in [0.5, 0.6) is 0 Å². The summed E-state index contributed by atoms with van der Waals surface area (Å²) in [7, 11) is 0. The van der Waals surface area contributed by atoms with Crippen molar-refractivity contribution in [2.75, 3.05) is 32.9 Å². The Kier molecular flexibility index (Phi) is 3.96. The van der Waals surface area contributed by atoms with E-state index in [1.54, 1.807) is 0 Å². The van der Waals surface area contributed by atoms with E-state index in [1.807, 2.05) is 29.2 Å². The van der Waals surface area contributed by atoms with Gasteiger partial charge in [-0.15, -0.1) is 0 Å². The van der Waals surface area contributed by atoms with E-state index < -0.39 is 0 Å². The summed E-state index contributed by atoms with van der Waals surface area (Å²) in [6.07, 6.45) is 1.07. The second-order valence-electron chi connectivity index (χ2n) is 5.64. The highest BCUT2D eigenvalue weighted by Crippen LogP contribution is 2.38. The van der Waals surface area contributed by atoms with E-state index in [2.05, 4.69) is 0 Å². The molecule has 2 saturated heterocycles. The lowest BCUT2D eigenvalue weighted by molar-refractivity contribution is -0.148. The quantitative estimate of drug-likeness (QED) is 0.854. The van der Waals surface area contributed by atoms with E-state index in [9.17, 15) is 4.79 Å². The molecular formula is C15H18ClNO3. The normalized spacial score (nSPS) is 20.1. The number of hydrogen-bond donors (Lipinski definition) is 0. The first-order chi connectivity index (χ1) is 9.69. The van der Waals surface area contributed by atoms with Gasteiger partial charge in [0.05, 0.1) is 13.2 Å². The molecule has 0 N–H and O–H groups in total. The summed E-state index contributed by atoms with van der Waals surface area (Å²) in [5.74, 6) is 0.0505. The summed E-state index contributed by atoms with van der Waals surface area (Å²) in [6.45, 7) is 3.71. The lowest BCUT2D eigenvalue weighted by Gasteiger charge is -2.47. The summed E-state index contributed by atoms with van der Waals surface area (Å²) < 4.78 is 10.9. The monoisotopic (exact) mass is 295 g/mol. The molecule has 4 nitrogen and oxygen atoms in total. The van der Waals surface area contributed by atoms with Crippen molar-refractivity contribution < 1.29 is 14.3 Å². The number of nitrogens with zero attached hydrogens (tertiary/aromatic N) is 1. The van der Waals surface area contributed by atoms with Crippen LogP contribution in [0.1, 0.15) is 12.0 Å². The predicted octanol–water partition coefficient (Wildman–Crippen LogP) is 2.11. The summed E-state index contributed by atoms with van der Waals surface area (Å²) in [6, 6.07) is 7.51. The van der Waals surface area contributed by atoms with Gasteiger partial charge in [-0.3, -0.25) is 4.79 Å². The van der Waals surface area contributed by atoms with Crippen LogP contribution in [0, 0.1) is 5.41 Å². The molecule has 1 aromatic carbocycles. The lowest BCUT2D eigenvalue weighted by Crippen LogP contribution is -2.59. The molecular weight excluding hydrogens is 278 g/mol. The van der Waals surface area contributed by atoms with E-state index in [-0.39, 0.29) is 17.9 Å². The molecule has 2 aliphatic rings. The number of hydrogen-bond acceptors (Lipinski definition) is 3. The topological polar surface area (TPSA) is 38.8 Å². The zero-order valence-electron chi connectivity index (χ0n) is 11.3. The third kappa shape index (κ3) is 2.82. The van der Waals surface area contributed by atoms with Crippen molar-refractivity contribution in [2.45, 2.75) is 13.0 Å². The zero-order valence-corrected chi connectivity index (χ0v) is 12.1. The molecule has 5 heteroatoms. The number of likely N-dealkylation sites (tertiary alicyclic amines) is 1. The average molecular weight is 296 g/mol. The lowest BCUT2D eigenvalue weighted by atomic mass is 9.79. The largest absolute Gasteiger partial charge is 0.381 e. The average Bonchev–Trinajstić information content (AvgIpc) is 2.88. The minimum atomic E-state index is 0.0505. The highest BCUT2D eigenvalue weighted by molar-refractivity contribution is 6.31. The van der Waals surface area contributed by atoms with Crippen LogP contribution in [-0.4, -0.2) is 43.7 Å². The van der Waals surface area contributed by atoms with Crippen LogP contribution in [0.25, 0.3) is 0 Å². The molecule has 0 aromatic heterocycles. The highest BCUT2D eigenvalue weighted by Gasteiger charge is 2.47. The first kappa shape index (κ1) is 13.9. The Morgan fingerprint density at radius 3 is 2.90 bits per heavy atom.